The first-order valence-electron chi connectivity index (χ1n) is 7.94. The first-order chi connectivity index (χ1) is 8.21. The third kappa shape index (κ3) is 4.99. The lowest BCUT2D eigenvalue weighted by Gasteiger charge is -2.37. The molecule has 3 atom stereocenters. The maximum Gasteiger partial charge on any atom is 0.00956 e. The molecule has 0 amide bonds. The predicted molar refractivity (Wildman–Crippen MR) is 77.3 cm³/mol. The van der Waals surface area contributed by atoms with Gasteiger partial charge in [-0.3, -0.25) is 0 Å². The molecule has 1 fully saturated rings. The molecule has 1 saturated carbocycles. The van der Waals surface area contributed by atoms with E-state index in [-0.39, 0.29) is 0 Å². The molecule has 0 heterocycles. The summed E-state index contributed by atoms with van der Waals surface area (Å²) in [6.45, 7) is 10.6. The molecule has 0 saturated heterocycles. The van der Waals surface area contributed by atoms with Crippen LogP contribution in [-0.4, -0.2) is 12.6 Å². The molecule has 17 heavy (non-hydrogen) atoms. The van der Waals surface area contributed by atoms with Crippen LogP contribution >= 0.6 is 0 Å². The van der Waals surface area contributed by atoms with Crippen LogP contribution in [0.25, 0.3) is 0 Å². The molecule has 102 valence electrons. The van der Waals surface area contributed by atoms with Crippen molar-refractivity contribution >= 4 is 0 Å². The molecule has 0 spiro atoms. The molecule has 1 N–H and O–H groups in total. The molecule has 0 bridgehead atoms. The van der Waals surface area contributed by atoms with Crippen LogP contribution in [0.5, 0.6) is 0 Å². The van der Waals surface area contributed by atoms with Crippen LogP contribution < -0.4 is 5.32 Å². The van der Waals surface area contributed by atoms with Crippen molar-refractivity contribution in [1.82, 2.24) is 5.32 Å². The third-order valence-corrected chi connectivity index (χ3v) is 4.69. The van der Waals surface area contributed by atoms with E-state index in [9.17, 15) is 0 Å². The number of rotatable bonds is 7. The summed E-state index contributed by atoms with van der Waals surface area (Å²) in [5.74, 6) is 2.85. The fourth-order valence-corrected chi connectivity index (χ4v) is 3.41. The zero-order chi connectivity index (χ0) is 12.7. The van der Waals surface area contributed by atoms with E-state index < -0.39 is 0 Å². The lowest BCUT2D eigenvalue weighted by Crippen LogP contribution is -2.41. The fraction of sp³-hybridized carbons (Fsp3) is 1.00. The Bertz CT molecular complexity index is 184. The SMILES string of the molecule is CCCNC1CCC(C)CC1CC(CC)CC. The first kappa shape index (κ1) is 15.0. The van der Waals surface area contributed by atoms with Gasteiger partial charge in [-0.1, -0.05) is 40.5 Å². The minimum atomic E-state index is 0.812. The van der Waals surface area contributed by atoms with E-state index in [0.29, 0.717) is 0 Å². The average molecular weight is 239 g/mol. The summed E-state index contributed by atoms with van der Waals surface area (Å²) in [6.07, 6.45) is 9.75. The van der Waals surface area contributed by atoms with Crippen molar-refractivity contribution in [2.75, 3.05) is 6.54 Å². The highest BCUT2D eigenvalue weighted by Crippen LogP contribution is 2.34. The monoisotopic (exact) mass is 239 g/mol. The zero-order valence-electron chi connectivity index (χ0n) is 12.5. The van der Waals surface area contributed by atoms with Gasteiger partial charge in [0.15, 0.2) is 0 Å². The minimum Gasteiger partial charge on any atom is -0.314 e. The van der Waals surface area contributed by atoms with Gasteiger partial charge in [0.05, 0.1) is 0 Å². The molecular formula is C16H33N. The van der Waals surface area contributed by atoms with E-state index in [2.05, 4.69) is 33.0 Å². The van der Waals surface area contributed by atoms with E-state index >= 15 is 0 Å². The Labute approximate surface area is 109 Å². The molecule has 0 aromatic carbocycles. The highest BCUT2D eigenvalue weighted by atomic mass is 14.9. The zero-order valence-corrected chi connectivity index (χ0v) is 12.5. The smallest absolute Gasteiger partial charge is 0.00956 e. The Morgan fingerprint density at radius 1 is 1.12 bits per heavy atom. The Morgan fingerprint density at radius 3 is 2.41 bits per heavy atom. The highest BCUT2D eigenvalue weighted by molar-refractivity contribution is 4.84. The lowest BCUT2D eigenvalue weighted by atomic mass is 9.74. The Hall–Kier alpha value is -0.0400. The molecule has 1 aliphatic rings. The standard InChI is InChI=1S/C16H33N/c1-5-10-17-16-9-8-13(4)11-15(16)12-14(6-2)7-3/h13-17H,5-12H2,1-4H3. The van der Waals surface area contributed by atoms with E-state index in [1.807, 2.05) is 0 Å². The van der Waals surface area contributed by atoms with Crippen molar-refractivity contribution in [3.63, 3.8) is 0 Å². The summed E-state index contributed by atoms with van der Waals surface area (Å²) in [4.78, 5) is 0. The van der Waals surface area contributed by atoms with E-state index in [1.54, 1.807) is 0 Å². The molecule has 1 rings (SSSR count). The second-order valence-corrected chi connectivity index (χ2v) is 6.16. The van der Waals surface area contributed by atoms with Crippen LogP contribution in [-0.2, 0) is 0 Å². The summed E-state index contributed by atoms with van der Waals surface area (Å²) in [5, 5.41) is 3.80. The van der Waals surface area contributed by atoms with Gasteiger partial charge in [-0.25, -0.2) is 0 Å². The third-order valence-electron chi connectivity index (χ3n) is 4.69. The molecule has 1 nitrogen and oxygen atoms in total. The summed E-state index contributed by atoms with van der Waals surface area (Å²) < 4.78 is 0. The summed E-state index contributed by atoms with van der Waals surface area (Å²) in [5.41, 5.74) is 0. The van der Waals surface area contributed by atoms with Crippen LogP contribution in [0.15, 0.2) is 0 Å². The number of nitrogens with one attached hydrogen (secondary N) is 1. The van der Waals surface area contributed by atoms with Gasteiger partial charge in [0.25, 0.3) is 0 Å². The normalized spacial score (nSPS) is 29.8. The van der Waals surface area contributed by atoms with Crippen molar-refractivity contribution in [2.45, 2.75) is 78.7 Å². The van der Waals surface area contributed by atoms with Crippen molar-refractivity contribution < 1.29 is 0 Å². The van der Waals surface area contributed by atoms with Crippen molar-refractivity contribution in [1.29, 1.82) is 0 Å². The highest BCUT2D eigenvalue weighted by Gasteiger charge is 2.29. The maximum atomic E-state index is 3.80. The van der Waals surface area contributed by atoms with Gasteiger partial charge >= 0.3 is 0 Å². The van der Waals surface area contributed by atoms with Crippen LogP contribution in [0, 0.1) is 17.8 Å². The van der Waals surface area contributed by atoms with Gasteiger partial charge in [-0.05, 0) is 56.4 Å². The van der Waals surface area contributed by atoms with E-state index in [0.717, 1.165) is 23.8 Å². The van der Waals surface area contributed by atoms with Gasteiger partial charge in [0, 0.05) is 6.04 Å². The Kier molecular flexibility index (Phi) is 7.18. The summed E-state index contributed by atoms with van der Waals surface area (Å²) in [6, 6.07) is 0.812. The summed E-state index contributed by atoms with van der Waals surface area (Å²) in [7, 11) is 0. The predicted octanol–water partition coefficient (Wildman–Crippen LogP) is 4.62. The first-order valence-corrected chi connectivity index (χ1v) is 7.94. The van der Waals surface area contributed by atoms with Crippen LogP contribution in [0.2, 0.25) is 0 Å². The maximum absolute atomic E-state index is 3.80. The second kappa shape index (κ2) is 8.13. The quantitative estimate of drug-likeness (QED) is 0.683. The average Bonchev–Trinajstić information content (AvgIpc) is 2.35. The molecule has 1 heteroatoms. The van der Waals surface area contributed by atoms with Gasteiger partial charge in [-0.15, -0.1) is 0 Å². The van der Waals surface area contributed by atoms with E-state index in [4.69, 9.17) is 0 Å². The van der Waals surface area contributed by atoms with Crippen LogP contribution in [0.4, 0.5) is 0 Å². The van der Waals surface area contributed by atoms with Gasteiger partial charge in [0.1, 0.15) is 0 Å². The van der Waals surface area contributed by atoms with Crippen LogP contribution in [0.1, 0.15) is 72.6 Å². The topological polar surface area (TPSA) is 12.0 Å². The van der Waals surface area contributed by atoms with Crippen molar-refractivity contribution in [3.05, 3.63) is 0 Å². The minimum absolute atomic E-state index is 0.812. The van der Waals surface area contributed by atoms with Crippen molar-refractivity contribution in [3.8, 4) is 0 Å². The number of hydrogen-bond donors (Lipinski definition) is 1. The fourth-order valence-electron chi connectivity index (χ4n) is 3.41. The lowest BCUT2D eigenvalue weighted by molar-refractivity contribution is 0.177. The van der Waals surface area contributed by atoms with Crippen LogP contribution in [0.3, 0.4) is 0 Å². The molecule has 1 aliphatic carbocycles. The van der Waals surface area contributed by atoms with Gasteiger partial charge in [0.2, 0.25) is 0 Å². The molecule has 0 aromatic rings. The molecule has 0 aromatic heterocycles. The molecule has 3 unspecified atom stereocenters. The Morgan fingerprint density at radius 2 is 1.82 bits per heavy atom. The largest absolute Gasteiger partial charge is 0.314 e. The molecule has 0 radical (unpaired) electrons. The van der Waals surface area contributed by atoms with Gasteiger partial charge in [-0.2, -0.15) is 0 Å². The van der Waals surface area contributed by atoms with E-state index in [1.165, 1.54) is 51.5 Å². The summed E-state index contributed by atoms with van der Waals surface area (Å²) >= 11 is 0. The van der Waals surface area contributed by atoms with Crippen molar-refractivity contribution in [2.24, 2.45) is 17.8 Å². The number of hydrogen-bond acceptors (Lipinski definition) is 1. The van der Waals surface area contributed by atoms with Gasteiger partial charge < -0.3 is 5.32 Å². The molecule has 0 aliphatic heterocycles. The second-order valence-electron chi connectivity index (χ2n) is 6.16. The molecular weight excluding hydrogens is 206 g/mol. The Balaban J connectivity index is 2.48.